The summed E-state index contributed by atoms with van der Waals surface area (Å²) in [5.41, 5.74) is 2.25. The van der Waals surface area contributed by atoms with Gasteiger partial charge in [0.05, 0.1) is 6.20 Å². The maximum atomic E-state index is 3.77. The van der Waals surface area contributed by atoms with Crippen molar-refractivity contribution >= 4 is 0 Å². The molecule has 0 amide bonds. The van der Waals surface area contributed by atoms with Crippen LogP contribution in [0.2, 0.25) is 0 Å². The van der Waals surface area contributed by atoms with Gasteiger partial charge in [0.1, 0.15) is 6.33 Å². The van der Waals surface area contributed by atoms with E-state index >= 15 is 0 Å². The lowest BCUT2D eigenvalue weighted by atomic mass is 10.4. The van der Waals surface area contributed by atoms with E-state index in [4.69, 9.17) is 0 Å². The fourth-order valence-corrected chi connectivity index (χ4v) is 0.730. The quantitative estimate of drug-likeness (QED) is 0.629. The number of rotatable bonds is 0. The van der Waals surface area contributed by atoms with Crippen LogP contribution in [0.3, 0.4) is 0 Å². The number of hydrogen-bond donors (Lipinski definition) is 0. The summed E-state index contributed by atoms with van der Waals surface area (Å²) in [6.45, 7) is 3.94. The zero-order chi connectivity index (χ0) is 10.2. The Kier molecular flexibility index (Phi) is 4.20. The van der Waals surface area contributed by atoms with Gasteiger partial charge in [-0.25, -0.2) is 9.97 Å². The van der Waals surface area contributed by atoms with Crippen molar-refractivity contribution in [3.8, 4) is 0 Å². The maximum Gasteiger partial charge on any atom is 0.115 e. The smallest absolute Gasteiger partial charge is 0.115 e. The molecule has 0 saturated heterocycles. The molecule has 4 nitrogen and oxygen atoms in total. The van der Waals surface area contributed by atoms with Crippen LogP contribution in [0.1, 0.15) is 11.1 Å². The number of aromatic nitrogens is 4. The van der Waals surface area contributed by atoms with Crippen LogP contribution < -0.4 is 0 Å². The van der Waals surface area contributed by atoms with Gasteiger partial charge < -0.3 is 0 Å². The van der Waals surface area contributed by atoms with E-state index < -0.39 is 0 Å². The second kappa shape index (κ2) is 5.75. The second-order valence-electron chi connectivity index (χ2n) is 2.84. The van der Waals surface area contributed by atoms with Gasteiger partial charge in [-0.1, -0.05) is 0 Å². The van der Waals surface area contributed by atoms with Crippen molar-refractivity contribution < 1.29 is 0 Å². The Morgan fingerprint density at radius 3 is 1.86 bits per heavy atom. The van der Waals surface area contributed by atoms with Crippen molar-refractivity contribution in [2.24, 2.45) is 0 Å². The SMILES string of the molecule is Cc1ccnnc1.Cc1cncnc1. The fourth-order valence-electron chi connectivity index (χ4n) is 0.730. The first-order chi connectivity index (χ1) is 6.79. The van der Waals surface area contributed by atoms with Crippen LogP contribution in [0.5, 0.6) is 0 Å². The van der Waals surface area contributed by atoms with Gasteiger partial charge in [-0.05, 0) is 31.0 Å². The van der Waals surface area contributed by atoms with Gasteiger partial charge in [-0.3, -0.25) is 0 Å². The van der Waals surface area contributed by atoms with Crippen LogP contribution in [0.25, 0.3) is 0 Å². The Morgan fingerprint density at radius 1 is 0.857 bits per heavy atom. The summed E-state index contributed by atoms with van der Waals surface area (Å²) < 4.78 is 0. The first-order valence-electron chi connectivity index (χ1n) is 4.24. The van der Waals surface area contributed by atoms with Gasteiger partial charge in [-0.2, -0.15) is 10.2 Å². The molecule has 0 aliphatic heterocycles. The predicted octanol–water partition coefficient (Wildman–Crippen LogP) is 1.57. The summed E-state index contributed by atoms with van der Waals surface area (Å²) in [5.74, 6) is 0. The van der Waals surface area contributed by atoms with E-state index in [2.05, 4.69) is 20.2 Å². The molecule has 0 unspecified atom stereocenters. The Balaban J connectivity index is 0.000000140. The number of hydrogen-bond acceptors (Lipinski definition) is 4. The zero-order valence-electron chi connectivity index (χ0n) is 8.25. The Morgan fingerprint density at radius 2 is 1.57 bits per heavy atom. The van der Waals surface area contributed by atoms with E-state index in [1.807, 2.05) is 19.9 Å². The van der Waals surface area contributed by atoms with Crippen molar-refractivity contribution in [2.75, 3.05) is 0 Å². The van der Waals surface area contributed by atoms with Crippen molar-refractivity contribution in [2.45, 2.75) is 13.8 Å². The average Bonchev–Trinajstić information content (AvgIpc) is 2.21. The monoisotopic (exact) mass is 188 g/mol. The van der Waals surface area contributed by atoms with Crippen molar-refractivity contribution in [3.63, 3.8) is 0 Å². The molecule has 2 aromatic rings. The predicted molar refractivity (Wildman–Crippen MR) is 53.5 cm³/mol. The van der Waals surface area contributed by atoms with Crippen molar-refractivity contribution in [3.05, 3.63) is 48.3 Å². The summed E-state index contributed by atoms with van der Waals surface area (Å²) in [7, 11) is 0. The first kappa shape index (κ1) is 10.2. The fraction of sp³-hybridized carbons (Fsp3) is 0.200. The summed E-state index contributed by atoms with van der Waals surface area (Å²) in [4.78, 5) is 7.55. The van der Waals surface area contributed by atoms with Gasteiger partial charge in [0.2, 0.25) is 0 Å². The van der Waals surface area contributed by atoms with E-state index in [9.17, 15) is 0 Å². The largest absolute Gasteiger partial charge is 0.245 e. The highest BCUT2D eigenvalue weighted by molar-refractivity contribution is 5.00. The van der Waals surface area contributed by atoms with Crippen molar-refractivity contribution in [1.82, 2.24) is 20.2 Å². The molecule has 0 aromatic carbocycles. The third kappa shape index (κ3) is 4.25. The van der Waals surface area contributed by atoms with Crippen LogP contribution in [-0.4, -0.2) is 20.2 Å². The Bertz CT molecular complexity index is 310. The van der Waals surface area contributed by atoms with Crippen LogP contribution in [0.15, 0.2) is 37.2 Å². The summed E-state index contributed by atoms with van der Waals surface area (Å²) in [6.07, 6.45) is 8.46. The van der Waals surface area contributed by atoms with Gasteiger partial charge in [-0.15, -0.1) is 0 Å². The van der Waals surface area contributed by atoms with Crippen LogP contribution >= 0.6 is 0 Å². The van der Waals surface area contributed by atoms with Gasteiger partial charge >= 0.3 is 0 Å². The molecule has 0 atom stereocenters. The molecular formula is C10H12N4. The van der Waals surface area contributed by atoms with E-state index in [1.54, 1.807) is 24.8 Å². The zero-order valence-corrected chi connectivity index (χ0v) is 8.25. The molecule has 72 valence electrons. The van der Waals surface area contributed by atoms with Crippen molar-refractivity contribution in [1.29, 1.82) is 0 Å². The molecule has 0 bridgehead atoms. The molecule has 2 aromatic heterocycles. The number of nitrogens with zero attached hydrogens (tertiary/aromatic N) is 4. The van der Waals surface area contributed by atoms with E-state index in [0.29, 0.717) is 0 Å². The van der Waals surface area contributed by atoms with Gasteiger partial charge in [0, 0.05) is 18.6 Å². The topological polar surface area (TPSA) is 51.6 Å². The molecular weight excluding hydrogens is 176 g/mol. The minimum atomic E-state index is 1.10. The van der Waals surface area contributed by atoms with Gasteiger partial charge in [0.25, 0.3) is 0 Å². The first-order valence-corrected chi connectivity index (χ1v) is 4.24. The lowest BCUT2D eigenvalue weighted by Gasteiger charge is -1.81. The molecule has 4 heteroatoms. The lowest BCUT2D eigenvalue weighted by Crippen LogP contribution is -1.76. The maximum absolute atomic E-state index is 3.77. The molecule has 0 fully saturated rings. The second-order valence-corrected chi connectivity index (χ2v) is 2.84. The highest BCUT2D eigenvalue weighted by Gasteiger charge is 1.75. The molecule has 0 N–H and O–H groups in total. The molecule has 0 radical (unpaired) electrons. The van der Waals surface area contributed by atoms with Crippen LogP contribution in [-0.2, 0) is 0 Å². The van der Waals surface area contributed by atoms with Crippen LogP contribution in [0.4, 0.5) is 0 Å². The van der Waals surface area contributed by atoms with E-state index in [1.165, 1.54) is 6.33 Å². The third-order valence-corrected chi connectivity index (χ3v) is 1.42. The summed E-state index contributed by atoms with van der Waals surface area (Å²) in [6, 6.07) is 1.91. The number of aryl methyl sites for hydroxylation is 2. The molecule has 0 spiro atoms. The standard InChI is InChI=1S/2C5H6N2/c1-5-2-6-4-7-3-5;1-5-2-3-6-7-4-5/h2*2-4H,1H3. The average molecular weight is 188 g/mol. The molecule has 0 saturated carbocycles. The Hall–Kier alpha value is -1.84. The minimum Gasteiger partial charge on any atom is -0.245 e. The molecule has 2 rings (SSSR count). The van der Waals surface area contributed by atoms with Crippen LogP contribution in [0, 0.1) is 13.8 Å². The van der Waals surface area contributed by atoms with E-state index in [0.717, 1.165) is 11.1 Å². The highest BCUT2D eigenvalue weighted by atomic mass is 15.1. The molecule has 0 aliphatic rings. The van der Waals surface area contributed by atoms with Gasteiger partial charge in [0.15, 0.2) is 0 Å². The summed E-state index contributed by atoms with van der Waals surface area (Å²) >= 11 is 0. The molecule has 2 heterocycles. The molecule has 0 aliphatic carbocycles. The third-order valence-electron chi connectivity index (χ3n) is 1.42. The summed E-state index contributed by atoms with van der Waals surface area (Å²) in [5, 5.41) is 7.23. The minimum absolute atomic E-state index is 1.10. The highest BCUT2D eigenvalue weighted by Crippen LogP contribution is 1.85. The Labute approximate surface area is 83.1 Å². The normalized spacial score (nSPS) is 8.71. The lowest BCUT2D eigenvalue weighted by molar-refractivity contribution is 1.01. The van der Waals surface area contributed by atoms with E-state index in [-0.39, 0.29) is 0 Å². The molecule has 14 heavy (non-hydrogen) atoms.